The molecule has 2 saturated carbocycles. The van der Waals surface area contributed by atoms with Crippen molar-refractivity contribution in [2.45, 2.75) is 83.2 Å². The number of likely N-dealkylation sites (tertiary alicyclic amines) is 1. The molecule has 4 unspecified atom stereocenters. The fourth-order valence-electron chi connectivity index (χ4n) is 5.10. The molecular weight excluding hydrogens is 278 g/mol. The van der Waals surface area contributed by atoms with Crippen molar-refractivity contribution in [3.05, 3.63) is 0 Å². The maximum Gasteiger partial charge on any atom is 0.326 e. The largest absolute Gasteiger partial charge is 0.480 e. The molecule has 1 amide bonds. The number of carboxylic acid groups (broad SMARTS) is 1. The van der Waals surface area contributed by atoms with E-state index in [1.165, 1.54) is 32.1 Å². The van der Waals surface area contributed by atoms with Crippen LogP contribution in [-0.2, 0) is 9.59 Å². The minimum atomic E-state index is -0.809. The number of carbonyl (C=O) groups is 2. The molecule has 4 nitrogen and oxygen atoms in total. The van der Waals surface area contributed by atoms with Crippen molar-refractivity contribution < 1.29 is 14.7 Å². The van der Waals surface area contributed by atoms with Crippen LogP contribution in [0.4, 0.5) is 0 Å². The average molecular weight is 307 g/mol. The molecule has 0 aromatic heterocycles. The van der Waals surface area contributed by atoms with Crippen molar-refractivity contribution in [2.24, 2.45) is 17.8 Å². The minimum Gasteiger partial charge on any atom is -0.480 e. The number of carbonyl (C=O) groups excluding carboxylic acids is 1. The van der Waals surface area contributed by atoms with Gasteiger partial charge in [-0.1, -0.05) is 45.4 Å². The van der Waals surface area contributed by atoms with Crippen LogP contribution in [0, 0.1) is 17.8 Å². The van der Waals surface area contributed by atoms with E-state index in [9.17, 15) is 14.7 Å². The van der Waals surface area contributed by atoms with Gasteiger partial charge in [0.1, 0.15) is 6.04 Å². The molecule has 3 rings (SSSR count). The maximum atomic E-state index is 13.0. The highest BCUT2D eigenvalue weighted by Crippen LogP contribution is 2.41. The van der Waals surface area contributed by atoms with E-state index >= 15 is 0 Å². The Bertz CT molecular complexity index is 430. The van der Waals surface area contributed by atoms with Crippen LogP contribution in [0.5, 0.6) is 0 Å². The van der Waals surface area contributed by atoms with Gasteiger partial charge < -0.3 is 10.0 Å². The number of rotatable bonds is 4. The summed E-state index contributed by atoms with van der Waals surface area (Å²) in [6, 6.07) is -0.389. The second kappa shape index (κ2) is 6.59. The first-order chi connectivity index (χ1) is 10.6. The monoisotopic (exact) mass is 307 g/mol. The lowest BCUT2D eigenvalue weighted by Gasteiger charge is -2.35. The van der Waals surface area contributed by atoms with Gasteiger partial charge in [-0.2, -0.15) is 0 Å². The van der Waals surface area contributed by atoms with Gasteiger partial charge in [0.15, 0.2) is 0 Å². The van der Waals surface area contributed by atoms with Gasteiger partial charge in [-0.25, -0.2) is 4.79 Å². The summed E-state index contributed by atoms with van der Waals surface area (Å²) in [7, 11) is 0. The fourth-order valence-corrected chi connectivity index (χ4v) is 5.10. The van der Waals surface area contributed by atoms with E-state index in [1.54, 1.807) is 4.90 Å². The van der Waals surface area contributed by atoms with E-state index in [4.69, 9.17) is 0 Å². The first kappa shape index (κ1) is 15.8. The lowest BCUT2D eigenvalue weighted by Crippen LogP contribution is -2.48. The van der Waals surface area contributed by atoms with Crippen molar-refractivity contribution in [1.82, 2.24) is 4.90 Å². The number of nitrogens with zero attached hydrogens (tertiary/aromatic N) is 1. The molecule has 4 atom stereocenters. The Morgan fingerprint density at radius 3 is 2.41 bits per heavy atom. The highest BCUT2D eigenvalue weighted by Gasteiger charge is 2.48. The summed E-state index contributed by atoms with van der Waals surface area (Å²) in [5, 5.41) is 9.55. The van der Waals surface area contributed by atoms with Crippen LogP contribution in [0.15, 0.2) is 0 Å². The Morgan fingerprint density at radius 2 is 1.73 bits per heavy atom. The predicted octanol–water partition coefficient (Wildman–Crippen LogP) is 3.45. The Balaban J connectivity index is 1.70. The number of amides is 1. The quantitative estimate of drug-likeness (QED) is 0.865. The number of hydrogen-bond acceptors (Lipinski definition) is 2. The van der Waals surface area contributed by atoms with E-state index in [0.29, 0.717) is 18.3 Å². The zero-order valence-electron chi connectivity index (χ0n) is 13.7. The van der Waals surface area contributed by atoms with Gasteiger partial charge in [0.25, 0.3) is 0 Å². The van der Waals surface area contributed by atoms with Crippen molar-refractivity contribution in [3.63, 3.8) is 0 Å². The van der Waals surface area contributed by atoms with Crippen LogP contribution < -0.4 is 0 Å². The topological polar surface area (TPSA) is 57.6 Å². The summed E-state index contributed by atoms with van der Waals surface area (Å²) < 4.78 is 0. The van der Waals surface area contributed by atoms with Crippen LogP contribution >= 0.6 is 0 Å². The number of hydrogen-bond donors (Lipinski definition) is 1. The minimum absolute atomic E-state index is 0.0226. The lowest BCUT2D eigenvalue weighted by molar-refractivity contribution is -0.151. The molecule has 3 aliphatic rings. The zero-order chi connectivity index (χ0) is 15.7. The highest BCUT2D eigenvalue weighted by molar-refractivity contribution is 5.86. The van der Waals surface area contributed by atoms with Crippen LogP contribution in [-0.4, -0.2) is 34.0 Å². The molecule has 1 heterocycles. The third-order valence-electron chi connectivity index (χ3n) is 6.21. The maximum absolute atomic E-state index is 13.0. The molecule has 4 heteroatoms. The van der Waals surface area contributed by atoms with Crippen LogP contribution in [0.3, 0.4) is 0 Å². The molecule has 3 fully saturated rings. The normalized spacial score (nSPS) is 33.7. The number of fused-ring (bicyclic) bond motifs is 1. The first-order valence-electron chi connectivity index (χ1n) is 9.13. The molecule has 1 N–H and O–H groups in total. The third kappa shape index (κ3) is 3.02. The molecule has 0 radical (unpaired) electrons. The van der Waals surface area contributed by atoms with Gasteiger partial charge >= 0.3 is 5.97 Å². The Morgan fingerprint density at radius 1 is 1.09 bits per heavy atom. The Kier molecular flexibility index (Phi) is 4.74. The molecule has 2 aliphatic carbocycles. The van der Waals surface area contributed by atoms with Gasteiger partial charge in [-0.15, -0.1) is 0 Å². The van der Waals surface area contributed by atoms with Gasteiger partial charge in [0, 0.05) is 12.0 Å². The lowest BCUT2D eigenvalue weighted by atomic mass is 9.84. The van der Waals surface area contributed by atoms with Crippen LogP contribution in [0.1, 0.15) is 71.1 Å². The van der Waals surface area contributed by atoms with E-state index in [0.717, 1.165) is 25.7 Å². The number of carboxylic acids is 1. The summed E-state index contributed by atoms with van der Waals surface area (Å²) in [5.74, 6) is 0.361. The fraction of sp³-hybridized carbons (Fsp3) is 0.889. The molecule has 1 aliphatic heterocycles. The molecular formula is C18H29NO3. The summed E-state index contributed by atoms with van der Waals surface area (Å²) in [5.41, 5.74) is 0. The molecule has 1 saturated heterocycles. The smallest absolute Gasteiger partial charge is 0.326 e. The SMILES string of the molecule is CC(CC1CCCC1)C(=O)N1C(C(=O)O)CC2CCCCC21. The third-order valence-corrected chi connectivity index (χ3v) is 6.21. The van der Waals surface area contributed by atoms with E-state index in [-0.39, 0.29) is 17.9 Å². The van der Waals surface area contributed by atoms with Crippen LogP contribution in [0.25, 0.3) is 0 Å². The van der Waals surface area contributed by atoms with Crippen LogP contribution in [0.2, 0.25) is 0 Å². The van der Waals surface area contributed by atoms with Crippen molar-refractivity contribution >= 4 is 11.9 Å². The highest BCUT2D eigenvalue weighted by atomic mass is 16.4. The van der Waals surface area contributed by atoms with Crippen molar-refractivity contribution in [2.75, 3.05) is 0 Å². The van der Waals surface area contributed by atoms with Gasteiger partial charge in [-0.3, -0.25) is 4.79 Å². The molecule has 22 heavy (non-hydrogen) atoms. The second-order valence-corrected chi connectivity index (χ2v) is 7.73. The molecule has 0 spiro atoms. The predicted molar refractivity (Wildman–Crippen MR) is 84.4 cm³/mol. The van der Waals surface area contributed by atoms with E-state index < -0.39 is 12.0 Å². The zero-order valence-corrected chi connectivity index (χ0v) is 13.7. The molecule has 0 bridgehead atoms. The summed E-state index contributed by atoms with van der Waals surface area (Å²) in [6.07, 6.45) is 11.1. The Hall–Kier alpha value is -1.06. The van der Waals surface area contributed by atoms with Gasteiger partial charge in [-0.05, 0) is 37.5 Å². The molecule has 124 valence electrons. The summed E-state index contributed by atoms with van der Waals surface area (Å²) in [6.45, 7) is 2.01. The Labute approximate surface area is 133 Å². The number of aliphatic carboxylic acids is 1. The molecule has 0 aromatic carbocycles. The van der Waals surface area contributed by atoms with Crippen molar-refractivity contribution in [3.8, 4) is 0 Å². The molecule has 0 aromatic rings. The van der Waals surface area contributed by atoms with E-state index in [2.05, 4.69) is 0 Å². The second-order valence-electron chi connectivity index (χ2n) is 7.73. The van der Waals surface area contributed by atoms with Crippen molar-refractivity contribution in [1.29, 1.82) is 0 Å². The first-order valence-corrected chi connectivity index (χ1v) is 9.13. The average Bonchev–Trinajstić information content (AvgIpc) is 3.13. The summed E-state index contributed by atoms with van der Waals surface area (Å²) in [4.78, 5) is 26.4. The van der Waals surface area contributed by atoms with E-state index in [1.807, 2.05) is 6.92 Å². The van der Waals surface area contributed by atoms with Gasteiger partial charge in [0.2, 0.25) is 5.91 Å². The van der Waals surface area contributed by atoms with Gasteiger partial charge in [0.05, 0.1) is 0 Å². The standard InChI is InChI=1S/C18H29NO3/c1-12(10-13-6-2-3-7-13)17(20)19-15-9-5-4-8-14(15)11-16(19)18(21)22/h12-16H,2-11H2,1H3,(H,21,22). The summed E-state index contributed by atoms with van der Waals surface area (Å²) >= 11 is 0.